The average molecular weight is 220 g/mol. The number of hydrogen-bond acceptors (Lipinski definition) is 3. The highest BCUT2D eigenvalue weighted by molar-refractivity contribution is 5.20. The lowest BCUT2D eigenvalue weighted by molar-refractivity contribution is 0.0662. The number of aryl methyl sites for hydroxylation is 1. The second kappa shape index (κ2) is 5.97. The summed E-state index contributed by atoms with van der Waals surface area (Å²) in [4.78, 5) is 4.15. The highest BCUT2D eigenvalue weighted by atomic mass is 16.5. The normalized spacial score (nSPS) is 17.6. The Hall–Kier alpha value is -0.930. The Morgan fingerprint density at radius 1 is 1.44 bits per heavy atom. The molecule has 1 N–H and O–H groups in total. The Morgan fingerprint density at radius 3 is 3.00 bits per heavy atom. The molecular formula is C13H20N2O. The van der Waals surface area contributed by atoms with Crippen LogP contribution in [0, 0.1) is 12.8 Å². The molecule has 1 aliphatic heterocycles. The number of pyridine rings is 1. The summed E-state index contributed by atoms with van der Waals surface area (Å²) in [5.41, 5.74) is 2.61. The van der Waals surface area contributed by atoms with Gasteiger partial charge in [0.05, 0.1) is 0 Å². The number of aromatic nitrogens is 1. The Kier molecular flexibility index (Phi) is 4.31. The van der Waals surface area contributed by atoms with E-state index < -0.39 is 0 Å². The predicted octanol–water partition coefficient (Wildman–Crippen LogP) is 1.91. The highest BCUT2D eigenvalue weighted by Crippen LogP contribution is 2.13. The zero-order valence-electron chi connectivity index (χ0n) is 9.91. The third kappa shape index (κ3) is 3.29. The molecule has 88 valence electrons. The molecule has 0 aliphatic carbocycles. The van der Waals surface area contributed by atoms with Crippen molar-refractivity contribution in [3.63, 3.8) is 0 Å². The van der Waals surface area contributed by atoms with E-state index >= 15 is 0 Å². The first-order valence-corrected chi connectivity index (χ1v) is 6.04. The minimum atomic E-state index is 0.783. The molecule has 3 heteroatoms. The highest BCUT2D eigenvalue weighted by Gasteiger charge is 2.12. The summed E-state index contributed by atoms with van der Waals surface area (Å²) in [6, 6.07) is 2.06. The van der Waals surface area contributed by atoms with Gasteiger partial charge in [-0.3, -0.25) is 4.98 Å². The molecule has 3 nitrogen and oxygen atoms in total. The lowest BCUT2D eigenvalue weighted by Gasteiger charge is -2.22. The van der Waals surface area contributed by atoms with Crippen LogP contribution in [-0.4, -0.2) is 24.7 Å². The van der Waals surface area contributed by atoms with Crippen LogP contribution in [0.1, 0.15) is 24.0 Å². The SMILES string of the molecule is Cc1ccncc1CNCC1CCOCC1. The van der Waals surface area contributed by atoms with Crippen LogP contribution < -0.4 is 5.32 Å². The standard InChI is InChI=1S/C13H20N2O/c1-11-2-5-14-9-13(11)10-15-8-12-3-6-16-7-4-12/h2,5,9,12,15H,3-4,6-8,10H2,1H3. The molecule has 0 aromatic carbocycles. The smallest absolute Gasteiger partial charge is 0.0469 e. The fourth-order valence-electron chi connectivity index (χ4n) is 2.04. The van der Waals surface area contributed by atoms with Crippen molar-refractivity contribution < 1.29 is 4.74 Å². The van der Waals surface area contributed by atoms with Crippen LogP contribution in [0.25, 0.3) is 0 Å². The zero-order valence-corrected chi connectivity index (χ0v) is 9.91. The van der Waals surface area contributed by atoms with Crippen LogP contribution in [-0.2, 0) is 11.3 Å². The summed E-state index contributed by atoms with van der Waals surface area (Å²) in [5.74, 6) is 0.783. The van der Waals surface area contributed by atoms with Gasteiger partial charge in [-0.25, -0.2) is 0 Å². The quantitative estimate of drug-likeness (QED) is 0.841. The van der Waals surface area contributed by atoms with E-state index in [1.807, 2.05) is 12.4 Å². The van der Waals surface area contributed by atoms with Gasteiger partial charge in [0.2, 0.25) is 0 Å². The fraction of sp³-hybridized carbons (Fsp3) is 0.615. The summed E-state index contributed by atoms with van der Waals surface area (Å²) >= 11 is 0. The number of rotatable bonds is 4. The minimum absolute atomic E-state index is 0.783. The summed E-state index contributed by atoms with van der Waals surface area (Å²) in [6.07, 6.45) is 6.18. The van der Waals surface area contributed by atoms with Gasteiger partial charge in [-0.15, -0.1) is 0 Å². The molecule has 1 fully saturated rings. The largest absolute Gasteiger partial charge is 0.381 e. The van der Waals surface area contributed by atoms with Gasteiger partial charge < -0.3 is 10.1 Å². The van der Waals surface area contributed by atoms with Gasteiger partial charge in [-0.1, -0.05) is 0 Å². The van der Waals surface area contributed by atoms with Crippen molar-refractivity contribution in [3.05, 3.63) is 29.6 Å². The maximum atomic E-state index is 5.35. The van der Waals surface area contributed by atoms with Gasteiger partial charge in [-0.2, -0.15) is 0 Å². The maximum Gasteiger partial charge on any atom is 0.0469 e. The minimum Gasteiger partial charge on any atom is -0.381 e. The van der Waals surface area contributed by atoms with E-state index in [1.165, 1.54) is 24.0 Å². The Balaban J connectivity index is 1.73. The molecule has 16 heavy (non-hydrogen) atoms. The molecule has 0 saturated carbocycles. The molecule has 0 atom stereocenters. The molecule has 0 bridgehead atoms. The van der Waals surface area contributed by atoms with E-state index in [-0.39, 0.29) is 0 Å². The molecule has 1 aromatic heterocycles. The van der Waals surface area contributed by atoms with E-state index in [1.54, 1.807) is 0 Å². The number of nitrogens with one attached hydrogen (secondary N) is 1. The Labute approximate surface area is 97.2 Å². The number of nitrogens with zero attached hydrogens (tertiary/aromatic N) is 1. The fourth-order valence-corrected chi connectivity index (χ4v) is 2.04. The Bertz CT molecular complexity index is 321. The predicted molar refractivity (Wildman–Crippen MR) is 64.2 cm³/mol. The molecule has 0 amide bonds. The van der Waals surface area contributed by atoms with Crippen LogP contribution in [0.15, 0.2) is 18.5 Å². The lowest BCUT2D eigenvalue weighted by atomic mass is 10.0. The summed E-state index contributed by atoms with van der Waals surface area (Å²) in [6.45, 7) is 6.01. The van der Waals surface area contributed by atoms with Gasteiger partial charge in [0.15, 0.2) is 0 Å². The van der Waals surface area contributed by atoms with E-state index in [2.05, 4.69) is 23.3 Å². The second-order valence-electron chi connectivity index (χ2n) is 4.49. The average Bonchev–Trinajstić information content (AvgIpc) is 2.33. The van der Waals surface area contributed by atoms with E-state index in [0.29, 0.717) is 0 Å². The van der Waals surface area contributed by atoms with Gasteiger partial charge in [0, 0.05) is 32.2 Å². The van der Waals surface area contributed by atoms with E-state index in [0.717, 1.165) is 32.2 Å². The van der Waals surface area contributed by atoms with Crippen molar-refractivity contribution in [2.24, 2.45) is 5.92 Å². The third-order valence-corrected chi connectivity index (χ3v) is 3.24. The van der Waals surface area contributed by atoms with Crippen molar-refractivity contribution in [2.45, 2.75) is 26.3 Å². The molecule has 0 radical (unpaired) electrons. The van der Waals surface area contributed by atoms with Gasteiger partial charge in [-0.05, 0) is 49.4 Å². The molecule has 1 aliphatic rings. The summed E-state index contributed by atoms with van der Waals surface area (Å²) < 4.78 is 5.35. The van der Waals surface area contributed by atoms with E-state index in [4.69, 9.17) is 4.74 Å². The molecule has 2 rings (SSSR count). The molecular weight excluding hydrogens is 200 g/mol. The van der Waals surface area contributed by atoms with Crippen molar-refractivity contribution in [3.8, 4) is 0 Å². The van der Waals surface area contributed by atoms with E-state index in [9.17, 15) is 0 Å². The van der Waals surface area contributed by atoms with Crippen LogP contribution >= 0.6 is 0 Å². The lowest BCUT2D eigenvalue weighted by Crippen LogP contribution is -2.27. The first kappa shape index (κ1) is 11.6. The zero-order chi connectivity index (χ0) is 11.2. The van der Waals surface area contributed by atoms with Gasteiger partial charge in [0.1, 0.15) is 0 Å². The summed E-state index contributed by atoms with van der Waals surface area (Å²) in [7, 11) is 0. The maximum absolute atomic E-state index is 5.35. The van der Waals surface area contributed by atoms with Crippen LogP contribution in [0.5, 0.6) is 0 Å². The van der Waals surface area contributed by atoms with Crippen molar-refractivity contribution in [1.29, 1.82) is 0 Å². The Morgan fingerprint density at radius 2 is 2.25 bits per heavy atom. The van der Waals surface area contributed by atoms with Crippen LogP contribution in [0.2, 0.25) is 0 Å². The molecule has 2 heterocycles. The molecule has 0 spiro atoms. The first-order valence-electron chi connectivity index (χ1n) is 6.04. The van der Waals surface area contributed by atoms with Crippen LogP contribution in [0.3, 0.4) is 0 Å². The van der Waals surface area contributed by atoms with Gasteiger partial charge in [0.25, 0.3) is 0 Å². The second-order valence-corrected chi connectivity index (χ2v) is 4.49. The molecule has 0 unspecified atom stereocenters. The molecule has 1 saturated heterocycles. The monoisotopic (exact) mass is 220 g/mol. The van der Waals surface area contributed by atoms with Crippen molar-refractivity contribution in [2.75, 3.05) is 19.8 Å². The topological polar surface area (TPSA) is 34.2 Å². The number of hydrogen-bond donors (Lipinski definition) is 1. The first-order chi connectivity index (χ1) is 7.86. The molecule has 1 aromatic rings. The third-order valence-electron chi connectivity index (χ3n) is 3.24. The van der Waals surface area contributed by atoms with Crippen molar-refractivity contribution in [1.82, 2.24) is 10.3 Å². The number of ether oxygens (including phenoxy) is 1. The van der Waals surface area contributed by atoms with Crippen LogP contribution in [0.4, 0.5) is 0 Å². The van der Waals surface area contributed by atoms with Crippen molar-refractivity contribution >= 4 is 0 Å². The van der Waals surface area contributed by atoms with Gasteiger partial charge >= 0.3 is 0 Å². The summed E-state index contributed by atoms with van der Waals surface area (Å²) in [5, 5.41) is 3.52.